The van der Waals surface area contributed by atoms with Crippen LogP contribution >= 0.6 is 0 Å². The summed E-state index contributed by atoms with van der Waals surface area (Å²) in [6.07, 6.45) is 2.83. The summed E-state index contributed by atoms with van der Waals surface area (Å²) in [7, 11) is 0. The average Bonchev–Trinajstić information content (AvgIpc) is 2.89. The van der Waals surface area contributed by atoms with Crippen LogP contribution < -0.4 is 5.32 Å². The molecule has 2 aromatic rings. The quantitative estimate of drug-likeness (QED) is 0.884. The highest BCUT2D eigenvalue weighted by Gasteiger charge is 2.15. The second kappa shape index (κ2) is 5.39. The lowest BCUT2D eigenvalue weighted by Crippen LogP contribution is -2.25. The second-order valence-corrected chi connectivity index (χ2v) is 4.11. The standard InChI is InChI=1S/C12H14N4O2/c1-8(2)9-4-3-5-13-11(9)12(17)14-6-10-16-15-7-18-10/h3-5,7-8H,6H2,1-2H3,(H,14,17). The molecule has 0 bridgehead atoms. The molecule has 2 aromatic heterocycles. The highest BCUT2D eigenvalue weighted by Crippen LogP contribution is 2.17. The third-order valence-electron chi connectivity index (χ3n) is 2.48. The third kappa shape index (κ3) is 2.71. The van der Waals surface area contributed by atoms with Gasteiger partial charge in [-0.1, -0.05) is 19.9 Å². The Hall–Kier alpha value is -2.24. The molecule has 0 atom stereocenters. The van der Waals surface area contributed by atoms with E-state index in [4.69, 9.17) is 4.42 Å². The zero-order chi connectivity index (χ0) is 13.0. The number of carbonyl (C=O) groups excluding carboxylic acids is 1. The summed E-state index contributed by atoms with van der Waals surface area (Å²) in [6.45, 7) is 4.24. The molecule has 2 rings (SSSR count). The Bertz CT molecular complexity index is 523. The molecule has 6 heteroatoms. The molecule has 0 saturated carbocycles. The van der Waals surface area contributed by atoms with Gasteiger partial charge >= 0.3 is 0 Å². The molecule has 18 heavy (non-hydrogen) atoms. The lowest BCUT2D eigenvalue weighted by molar-refractivity contribution is 0.0941. The van der Waals surface area contributed by atoms with Crippen LogP contribution in [0.4, 0.5) is 0 Å². The molecular formula is C12H14N4O2. The highest BCUT2D eigenvalue weighted by atomic mass is 16.4. The van der Waals surface area contributed by atoms with E-state index in [1.54, 1.807) is 6.20 Å². The summed E-state index contributed by atoms with van der Waals surface area (Å²) in [5.74, 6) is 0.366. The van der Waals surface area contributed by atoms with Crippen LogP contribution in [0.2, 0.25) is 0 Å². The number of nitrogens with zero attached hydrogens (tertiary/aromatic N) is 3. The fraction of sp³-hybridized carbons (Fsp3) is 0.333. The Balaban J connectivity index is 2.09. The zero-order valence-corrected chi connectivity index (χ0v) is 10.3. The first kappa shape index (κ1) is 12.2. The van der Waals surface area contributed by atoms with Crippen molar-refractivity contribution in [1.82, 2.24) is 20.5 Å². The molecule has 0 saturated heterocycles. The smallest absolute Gasteiger partial charge is 0.270 e. The van der Waals surface area contributed by atoms with E-state index in [0.29, 0.717) is 11.6 Å². The normalized spacial score (nSPS) is 10.6. The number of amides is 1. The molecule has 1 amide bonds. The van der Waals surface area contributed by atoms with Gasteiger partial charge < -0.3 is 9.73 Å². The van der Waals surface area contributed by atoms with Gasteiger partial charge in [-0.15, -0.1) is 10.2 Å². The van der Waals surface area contributed by atoms with Gasteiger partial charge in [0.05, 0.1) is 6.54 Å². The molecule has 0 fully saturated rings. The van der Waals surface area contributed by atoms with E-state index in [9.17, 15) is 4.79 Å². The van der Waals surface area contributed by atoms with Crippen LogP contribution in [0.5, 0.6) is 0 Å². The Morgan fingerprint density at radius 2 is 2.33 bits per heavy atom. The molecule has 1 N–H and O–H groups in total. The Morgan fingerprint density at radius 3 is 3.00 bits per heavy atom. The lowest BCUT2D eigenvalue weighted by atomic mass is 10.0. The van der Waals surface area contributed by atoms with E-state index in [2.05, 4.69) is 20.5 Å². The van der Waals surface area contributed by atoms with Crippen LogP contribution in [-0.2, 0) is 6.54 Å². The summed E-state index contributed by atoms with van der Waals surface area (Å²) < 4.78 is 4.94. The molecule has 0 unspecified atom stereocenters. The predicted molar refractivity (Wildman–Crippen MR) is 63.8 cm³/mol. The van der Waals surface area contributed by atoms with Crippen LogP contribution in [0, 0.1) is 0 Å². The van der Waals surface area contributed by atoms with Gasteiger partial charge in [-0.05, 0) is 17.5 Å². The molecule has 6 nitrogen and oxygen atoms in total. The summed E-state index contributed by atoms with van der Waals surface area (Å²) in [4.78, 5) is 16.1. The van der Waals surface area contributed by atoms with Crippen LogP contribution in [0.15, 0.2) is 29.1 Å². The van der Waals surface area contributed by atoms with Gasteiger partial charge in [0.2, 0.25) is 12.3 Å². The first-order chi connectivity index (χ1) is 8.68. The fourth-order valence-electron chi connectivity index (χ4n) is 1.59. The molecule has 0 aliphatic rings. The minimum atomic E-state index is -0.238. The predicted octanol–water partition coefficient (Wildman–Crippen LogP) is 1.52. The van der Waals surface area contributed by atoms with E-state index in [1.807, 2.05) is 26.0 Å². The maximum atomic E-state index is 12.0. The van der Waals surface area contributed by atoms with E-state index >= 15 is 0 Å². The number of carbonyl (C=O) groups is 1. The van der Waals surface area contributed by atoms with E-state index < -0.39 is 0 Å². The van der Waals surface area contributed by atoms with Crippen molar-refractivity contribution in [2.24, 2.45) is 0 Å². The van der Waals surface area contributed by atoms with Gasteiger partial charge in [-0.2, -0.15) is 0 Å². The lowest BCUT2D eigenvalue weighted by Gasteiger charge is -2.10. The Labute approximate surface area is 104 Å². The highest BCUT2D eigenvalue weighted by molar-refractivity contribution is 5.93. The topological polar surface area (TPSA) is 80.9 Å². The monoisotopic (exact) mass is 246 g/mol. The van der Waals surface area contributed by atoms with Crippen molar-refractivity contribution in [3.05, 3.63) is 41.9 Å². The second-order valence-electron chi connectivity index (χ2n) is 4.11. The van der Waals surface area contributed by atoms with Gasteiger partial charge in [0.1, 0.15) is 5.69 Å². The maximum Gasteiger partial charge on any atom is 0.270 e. The number of aromatic nitrogens is 3. The molecule has 0 aromatic carbocycles. The van der Waals surface area contributed by atoms with Crippen molar-refractivity contribution in [3.63, 3.8) is 0 Å². The Kier molecular flexibility index (Phi) is 3.66. The number of pyridine rings is 1. The minimum absolute atomic E-state index is 0.201. The number of rotatable bonds is 4. The van der Waals surface area contributed by atoms with E-state index in [-0.39, 0.29) is 18.4 Å². The zero-order valence-electron chi connectivity index (χ0n) is 10.3. The van der Waals surface area contributed by atoms with E-state index in [1.165, 1.54) is 6.39 Å². The minimum Gasteiger partial charge on any atom is -0.426 e. The van der Waals surface area contributed by atoms with Gasteiger partial charge in [0.15, 0.2) is 0 Å². The molecule has 0 aliphatic heterocycles. The van der Waals surface area contributed by atoms with Crippen LogP contribution in [0.1, 0.15) is 41.7 Å². The van der Waals surface area contributed by atoms with Crippen molar-refractivity contribution < 1.29 is 9.21 Å². The van der Waals surface area contributed by atoms with E-state index in [0.717, 1.165) is 5.56 Å². The third-order valence-corrected chi connectivity index (χ3v) is 2.48. The molecule has 94 valence electrons. The largest absolute Gasteiger partial charge is 0.426 e. The van der Waals surface area contributed by atoms with Gasteiger partial charge in [0.25, 0.3) is 5.91 Å². The SMILES string of the molecule is CC(C)c1cccnc1C(=O)NCc1nnco1. The van der Waals surface area contributed by atoms with Gasteiger partial charge in [-0.3, -0.25) is 9.78 Å². The molecule has 2 heterocycles. The van der Waals surface area contributed by atoms with Crippen molar-refractivity contribution in [2.45, 2.75) is 26.3 Å². The van der Waals surface area contributed by atoms with Crippen molar-refractivity contribution >= 4 is 5.91 Å². The van der Waals surface area contributed by atoms with Crippen LogP contribution in [0.3, 0.4) is 0 Å². The van der Waals surface area contributed by atoms with Crippen molar-refractivity contribution in [1.29, 1.82) is 0 Å². The molecular weight excluding hydrogens is 232 g/mol. The maximum absolute atomic E-state index is 12.0. The number of hydrogen-bond acceptors (Lipinski definition) is 5. The fourth-order valence-corrected chi connectivity index (χ4v) is 1.59. The summed E-state index contributed by atoms with van der Waals surface area (Å²) in [6, 6.07) is 3.73. The Morgan fingerprint density at radius 1 is 1.50 bits per heavy atom. The molecule has 0 aliphatic carbocycles. The van der Waals surface area contributed by atoms with Crippen LogP contribution in [0.25, 0.3) is 0 Å². The number of nitrogens with one attached hydrogen (secondary N) is 1. The molecule has 0 spiro atoms. The van der Waals surface area contributed by atoms with Crippen LogP contribution in [-0.4, -0.2) is 21.1 Å². The molecule has 0 radical (unpaired) electrons. The average molecular weight is 246 g/mol. The first-order valence-electron chi connectivity index (χ1n) is 5.66. The summed E-state index contributed by atoms with van der Waals surface area (Å²) in [5.41, 5.74) is 1.35. The van der Waals surface area contributed by atoms with Gasteiger partial charge in [-0.25, -0.2) is 0 Å². The number of hydrogen-bond donors (Lipinski definition) is 1. The summed E-state index contributed by atoms with van der Waals surface area (Å²) in [5, 5.41) is 9.92. The van der Waals surface area contributed by atoms with Gasteiger partial charge in [0, 0.05) is 6.20 Å². The first-order valence-corrected chi connectivity index (χ1v) is 5.66. The van der Waals surface area contributed by atoms with Crippen molar-refractivity contribution in [2.75, 3.05) is 0 Å². The summed E-state index contributed by atoms with van der Waals surface area (Å²) >= 11 is 0. The van der Waals surface area contributed by atoms with Crippen molar-refractivity contribution in [3.8, 4) is 0 Å².